The lowest BCUT2D eigenvalue weighted by Crippen LogP contribution is -2.41. The Morgan fingerprint density at radius 1 is 1.00 bits per heavy atom. The molecule has 2 N–H and O–H groups in total. The number of hydrogen-bond donors (Lipinski definition) is 1. The van der Waals surface area contributed by atoms with Gasteiger partial charge in [-0.15, -0.1) is 0 Å². The Morgan fingerprint density at radius 2 is 1.58 bits per heavy atom. The summed E-state index contributed by atoms with van der Waals surface area (Å²) < 4.78 is 46.2. The lowest BCUT2D eigenvalue weighted by Gasteiger charge is -2.29. The molecule has 0 aliphatic carbocycles. The molecule has 33 heavy (non-hydrogen) atoms. The first-order valence-electron chi connectivity index (χ1n) is 9.63. The summed E-state index contributed by atoms with van der Waals surface area (Å²) in [5.74, 6) is -2.04. The highest BCUT2D eigenvalue weighted by Gasteiger charge is 2.36. The van der Waals surface area contributed by atoms with Crippen molar-refractivity contribution in [1.82, 2.24) is 4.31 Å². The number of primary amides is 1. The van der Waals surface area contributed by atoms with Crippen LogP contribution in [0.5, 0.6) is 0 Å². The minimum absolute atomic E-state index is 0.105. The van der Waals surface area contributed by atoms with Crippen LogP contribution in [0.15, 0.2) is 77.7 Å². The molecule has 1 atom stereocenters. The van der Waals surface area contributed by atoms with Crippen LogP contribution in [0.1, 0.15) is 27.5 Å². The van der Waals surface area contributed by atoms with Crippen molar-refractivity contribution in [3.05, 3.63) is 100 Å². The highest BCUT2D eigenvalue weighted by molar-refractivity contribution is 7.89. The smallest absolute Gasteiger partial charge is 0.337 e. The number of nitrogens with zero attached hydrogens (tertiary/aromatic N) is 1. The number of hydrogen-bond acceptors (Lipinski definition) is 5. The van der Waals surface area contributed by atoms with E-state index in [1.165, 1.54) is 55.6 Å². The van der Waals surface area contributed by atoms with E-state index in [0.29, 0.717) is 10.6 Å². The van der Waals surface area contributed by atoms with Crippen LogP contribution in [-0.4, -0.2) is 31.7 Å². The van der Waals surface area contributed by atoms with Gasteiger partial charge in [-0.3, -0.25) is 4.79 Å². The average Bonchev–Trinajstić information content (AvgIpc) is 2.80. The number of sulfonamides is 1. The fourth-order valence-electron chi connectivity index (χ4n) is 3.22. The van der Waals surface area contributed by atoms with E-state index in [1.54, 1.807) is 12.1 Å². The number of ether oxygens (including phenoxy) is 1. The molecule has 3 aromatic carbocycles. The zero-order valence-electron chi connectivity index (χ0n) is 17.4. The Morgan fingerprint density at radius 3 is 2.09 bits per heavy atom. The quantitative estimate of drug-likeness (QED) is 0.485. The van der Waals surface area contributed by atoms with Crippen molar-refractivity contribution in [2.45, 2.75) is 17.5 Å². The van der Waals surface area contributed by atoms with Crippen molar-refractivity contribution in [1.29, 1.82) is 0 Å². The summed E-state index contributed by atoms with van der Waals surface area (Å²) >= 11 is 5.89. The molecule has 0 bridgehead atoms. The van der Waals surface area contributed by atoms with Crippen LogP contribution < -0.4 is 5.73 Å². The van der Waals surface area contributed by atoms with Crippen molar-refractivity contribution >= 4 is 33.5 Å². The van der Waals surface area contributed by atoms with Crippen LogP contribution in [0, 0.1) is 5.82 Å². The van der Waals surface area contributed by atoms with Gasteiger partial charge in [0.05, 0.1) is 17.6 Å². The van der Waals surface area contributed by atoms with Gasteiger partial charge in [-0.2, -0.15) is 4.31 Å². The summed E-state index contributed by atoms with van der Waals surface area (Å²) in [6.07, 6.45) is 0. The predicted molar refractivity (Wildman–Crippen MR) is 120 cm³/mol. The first-order valence-corrected chi connectivity index (χ1v) is 11.4. The van der Waals surface area contributed by atoms with Gasteiger partial charge in [-0.05, 0) is 59.7 Å². The number of esters is 1. The molecule has 3 aromatic rings. The Labute approximate surface area is 195 Å². The second kappa shape index (κ2) is 10.1. The van der Waals surface area contributed by atoms with E-state index in [2.05, 4.69) is 4.74 Å². The van der Waals surface area contributed by atoms with Gasteiger partial charge in [0.2, 0.25) is 15.9 Å². The summed E-state index contributed by atoms with van der Waals surface area (Å²) in [7, 11) is -3.01. The molecule has 3 rings (SSSR count). The lowest BCUT2D eigenvalue weighted by atomic mass is 10.1. The van der Waals surface area contributed by atoms with E-state index in [4.69, 9.17) is 17.3 Å². The largest absolute Gasteiger partial charge is 0.465 e. The Kier molecular flexibility index (Phi) is 7.47. The highest BCUT2D eigenvalue weighted by Crippen LogP contribution is 2.30. The molecule has 0 aromatic heterocycles. The second-order valence-corrected chi connectivity index (χ2v) is 9.38. The van der Waals surface area contributed by atoms with Crippen molar-refractivity contribution < 1.29 is 27.1 Å². The molecule has 7 nitrogen and oxygen atoms in total. The zero-order valence-corrected chi connectivity index (χ0v) is 19.0. The van der Waals surface area contributed by atoms with Crippen molar-refractivity contribution in [2.75, 3.05) is 7.11 Å². The first-order chi connectivity index (χ1) is 15.6. The van der Waals surface area contributed by atoms with Crippen LogP contribution >= 0.6 is 11.6 Å². The normalized spacial score (nSPS) is 12.4. The molecule has 0 saturated heterocycles. The molecule has 0 saturated carbocycles. The monoisotopic (exact) mass is 490 g/mol. The van der Waals surface area contributed by atoms with E-state index < -0.39 is 33.8 Å². The van der Waals surface area contributed by atoms with Crippen LogP contribution in [0.2, 0.25) is 5.02 Å². The number of benzene rings is 3. The zero-order chi connectivity index (χ0) is 24.2. The molecule has 0 aliphatic rings. The van der Waals surface area contributed by atoms with Crippen molar-refractivity contribution in [2.24, 2.45) is 5.73 Å². The lowest BCUT2D eigenvalue weighted by molar-refractivity contribution is -0.122. The molecule has 0 spiro atoms. The van der Waals surface area contributed by atoms with E-state index >= 15 is 0 Å². The van der Waals surface area contributed by atoms with Gasteiger partial charge in [0.1, 0.15) is 11.9 Å². The van der Waals surface area contributed by atoms with E-state index in [9.17, 15) is 22.4 Å². The van der Waals surface area contributed by atoms with Crippen LogP contribution in [0.4, 0.5) is 4.39 Å². The van der Waals surface area contributed by atoms with Gasteiger partial charge in [-0.1, -0.05) is 35.9 Å². The summed E-state index contributed by atoms with van der Waals surface area (Å²) in [5, 5.41) is 0.337. The first kappa shape index (κ1) is 24.4. The van der Waals surface area contributed by atoms with Gasteiger partial charge in [0, 0.05) is 11.6 Å². The third-order valence-electron chi connectivity index (χ3n) is 4.88. The standard InChI is InChI=1S/C23H20ClFN2O5S/c1-32-23(29)17-4-2-15(3-5-17)14-27(33(30,31)20-12-8-18(24)9-13-20)21(22(26)28)16-6-10-19(25)11-7-16/h2-13,21H,14H2,1H3,(H2,26,28)/t21-/m1/s1. The Bertz CT molecular complexity index is 1250. The molecule has 0 fully saturated rings. The third-order valence-corrected chi connectivity index (χ3v) is 6.95. The molecule has 0 aliphatic heterocycles. The van der Waals surface area contributed by atoms with Crippen LogP contribution in [0.25, 0.3) is 0 Å². The van der Waals surface area contributed by atoms with Crippen LogP contribution in [0.3, 0.4) is 0 Å². The fraction of sp³-hybridized carbons (Fsp3) is 0.130. The predicted octanol–water partition coefficient (Wildman–Crippen LogP) is 3.68. The van der Waals surface area contributed by atoms with Gasteiger partial charge in [0.25, 0.3) is 0 Å². The number of amides is 1. The third kappa shape index (κ3) is 5.57. The molecule has 172 valence electrons. The highest BCUT2D eigenvalue weighted by atomic mass is 35.5. The Balaban J connectivity index is 2.10. The summed E-state index contributed by atoms with van der Waals surface area (Å²) in [6.45, 7) is -0.253. The number of methoxy groups -OCH3 is 1. The van der Waals surface area contributed by atoms with E-state index in [-0.39, 0.29) is 22.6 Å². The number of rotatable bonds is 8. The SMILES string of the molecule is COC(=O)c1ccc(CN([C@@H](C(N)=O)c2ccc(F)cc2)S(=O)(=O)c2ccc(Cl)cc2)cc1. The van der Waals surface area contributed by atoms with Crippen LogP contribution in [-0.2, 0) is 26.1 Å². The van der Waals surface area contributed by atoms with Crippen molar-refractivity contribution in [3.8, 4) is 0 Å². The summed E-state index contributed by atoms with van der Waals surface area (Å²) in [6, 6.07) is 14.9. The Hall–Kier alpha value is -3.27. The molecule has 0 heterocycles. The minimum atomic E-state index is -4.26. The van der Waals surface area contributed by atoms with E-state index in [1.807, 2.05) is 0 Å². The number of carbonyl (C=O) groups excluding carboxylic acids is 2. The van der Waals surface area contributed by atoms with Gasteiger partial charge in [-0.25, -0.2) is 17.6 Å². The van der Waals surface area contributed by atoms with Crippen molar-refractivity contribution in [3.63, 3.8) is 0 Å². The molecule has 0 radical (unpaired) electrons. The van der Waals surface area contributed by atoms with Gasteiger partial charge < -0.3 is 10.5 Å². The molecular weight excluding hydrogens is 471 g/mol. The van der Waals surface area contributed by atoms with Gasteiger partial charge in [0.15, 0.2) is 0 Å². The topological polar surface area (TPSA) is 107 Å². The maximum Gasteiger partial charge on any atom is 0.337 e. The minimum Gasteiger partial charge on any atom is -0.465 e. The summed E-state index contributed by atoms with van der Waals surface area (Å²) in [4.78, 5) is 24.1. The molecule has 0 unspecified atom stereocenters. The second-order valence-electron chi connectivity index (χ2n) is 7.05. The average molecular weight is 491 g/mol. The molecule has 1 amide bonds. The molecule has 10 heteroatoms. The number of carbonyl (C=O) groups is 2. The fourth-order valence-corrected chi connectivity index (χ4v) is 4.92. The maximum atomic E-state index is 13.6. The summed E-state index contributed by atoms with van der Waals surface area (Å²) in [5.41, 5.74) is 6.58. The number of nitrogens with two attached hydrogens (primary N) is 1. The number of halogens is 2. The van der Waals surface area contributed by atoms with E-state index in [0.717, 1.165) is 16.4 Å². The van der Waals surface area contributed by atoms with Gasteiger partial charge >= 0.3 is 5.97 Å². The molecular formula is C23H20ClFN2O5S. The maximum absolute atomic E-state index is 13.6.